The molecule has 8 heteroatoms. The van der Waals surface area contributed by atoms with Crippen LogP contribution in [0.25, 0.3) is 5.95 Å². The highest BCUT2D eigenvalue weighted by atomic mass is 16.2. The molecule has 0 unspecified atom stereocenters. The maximum absolute atomic E-state index is 13.1. The van der Waals surface area contributed by atoms with Crippen LogP contribution < -0.4 is 10.6 Å². The Labute approximate surface area is 187 Å². The van der Waals surface area contributed by atoms with Gasteiger partial charge in [-0.25, -0.2) is 9.97 Å². The highest BCUT2D eigenvalue weighted by molar-refractivity contribution is 5.91. The number of nitrogens with one attached hydrogen (secondary N) is 2. The van der Waals surface area contributed by atoms with Gasteiger partial charge in [-0.1, -0.05) is 0 Å². The van der Waals surface area contributed by atoms with E-state index >= 15 is 0 Å². The molecule has 5 aliphatic rings. The first-order chi connectivity index (χ1) is 15.6. The molecule has 2 amide bonds. The molecule has 0 atom stereocenters. The second-order valence-corrected chi connectivity index (χ2v) is 10.4. The van der Waals surface area contributed by atoms with E-state index in [-0.39, 0.29) is 23.7 Å². The zero-order chi connectivity index (χ0) is 21.7. The summed E-state index contributed by atoms with van der Waals surface area (Å²) in [5.74, 6) is 3.69. The van der Waals surface area contributed by atoms with E-state index in [1.54, 1.807) is 23.1 Å². The molecule has 0 spiro atoms. The highest BCUT2D eigenvalue weighted by Gasteiger charge is 2.54. The van der Waals surface area contributed by atoms with Crippen LogP contribution in [0.15, 0.2) is 24.5 Å². The van der Waals surface area contributed by atoms with Crippen LogP contribution in [0.5, 0.6) is 0 Å². The van der Waals surface area contributed by atoms with Crippen molar-refractivity contribution >= 4 is 17.6 Å². The zero-order valence-electron chi connectivity index (χ0n) is 18.3. The maximum atomic E-state index is 13.1. The Hall–Kier alpha value is -2.77. The van der Waals surface area contributed by atoms with E-state index < -0.39 is 0 Å². The fraction of sp³-hybridized carbons (Fsp3) is 0.625. The van der Waals surface area contributed by atoms with Crippen LogP contribution in [0.2, 0.25) is 0 Å². The van der Waals surface area contributed by atoms with Crippen molar-refractivity contribution in [3.63, 3.8) is 0 Å². The van der Waals surface area contributed by atoms with Gasteiger partial charge >= 0.3 is 0 Å². The molecular formula is C24H30N6O2. The largest absolute Gasteiger partial charge is 0.355 e. The van der Waals surface area contributed by atoms with Gasteiger partial charge in [0, 0.05) is 42.8 Å². The normalized spacial score (nSPS) is 30.3. The Balaban J connectivity index is 1.07. The van der Waals surface area contributed by atoms with Crippen LogP contribution >= 0.6 is 0 Å². The van der Waals surface area contributed by atoms with Crippen molar-refractivity contribution < 1.29 is 9.59 Å². The van der Waals surface area contributed by atoms with E-state index in [2.05, 4.69) is 25.7 Å². The van der Waals surface area contributed by atoms with Crippen LogP contribution in [0.4, 0.5) is 5.82 Å². The molecule has 2 heterocycles. The van der Waals surface area contributed by atoms with Gasteiger partial charge in [0.25, 0.3) is 5.95 Å². The van der Waals surface area contributed by atoms with E-state index in [9.17, 15) is 9.59 Å². The lowest BCUT2D eigenvalue weighted by Gasteiger charge is -2.55. The van der Waals surface area contributed by atoms with E-state index in [4.69, 9.17) is 0 Å². The predicted molar refractivity (Wildman–Crippen MR) is 118 cm³/mol. The maximum Gasteiger partial charge on any atom is 0.252 e. The first kappa shape index (κ1) is 19.9. The lowest BCUT2D eigenvalue weighted by molar-refractivity contribution is -0.146. The average molecular weight is 435 g/mol. The summed E-state index contributed by atoms with van der Waals surface area (Å²) in [5.41, 5.74) is 0.788. The molecule has 0 aromatic carbocycles. The first-order valence-corrected chi connectivity index (χ1v) is 12.0. The van der Waals surface area contributed by atoms with Crippen molar-refractivity contribution in [3.05, 3.63) is 30.2 Å². The lowest BCUT2D eigenvalue weighted by atomic mass is 9.49. The fourth-order valence-electron chi connectivity index (χ4n) is 6.69. The van der Waals surface area contributed by atoms with Gasteiger partial charge in [-0.2, -0.15) is 9.78 Å². The quantitative estimate of drug-likeness (QED) is 0.697. The van der Waals surface area contributed by atoms with Crippen LogP contribution in [0.3, 0.4) is 0 Å². The molecule has 0 saturated heterocycles. The van der Waals surface area contributed by atoms with Gasteiger partial charge in [0.05, 0.1) is 5.69 Å². The number of carbonyl (C=O) groups excluding carboxylic acids is 2. The summed E-state index contributed by atoms with van der Waals surface area (Å²) in [6.07, 6.45) is 12.9. The Morgan fingerprint density at radius 3 is 2.31 bits per heavy atom. The minimum atomic E-state index is -0.173. The lowest BCUT2D eigenvalue weighted by Crippen LogP contribution is -2.53. The number of hydrogen-bond acceptors (Lipinski definition) is 5. The highest BCUT2D eigenvalue weighted by Crippen LogP contribution is 2.60. The zero-order valence-corrected chi connectivity index (χ0v) is 18.3. The number of aromatic nitrogens is 4. The number of amides is 2. The van der Waals surface area contributed by atoms with Crippen LogP contribution in [0.1, 0.15) is 69.4 Å². The summed E-state index contributed by atoms with van der Waals surface area (Å²) in [5, 5.41) is 10.7. The fourth-order valence-corrected chi connectivity index (χ4v) is 6.69. The van der Waals surface area contributed by atoms with Crippen molar-refractivity contribution in [1.82, 2.24) is 25.1 Å². The molecule has 2 N–H and O–H groups in total. The van der Waals surface area contributed by atoms with Crippen LogP contribution in [-0.2, 0) is 9.59 Å². The Morgan fingerprint density at radius 2 is 1.69 bits per heavy atom. The molecule has 2 aromatic heterocycles. The second-order valence-electron chi connectivity index (χ2n) is 10.4. The van der Waals surface area contributed by atoms with E-state index in [0.717, 1.165) is 55.6 Å². The molecule has 0 radical (unpaired) electrons. The van der Waals surface area contributed by atoms with Gasteiger partial charge in [-0.3, -0.25) is 9.59 Å². The second kappa shape index (κ2) is 7.67. The molecule has 5 saturated carbocycles. The summed E-state index contributed by atoms with van der Waals surface area (Å²) in [7, 11) is 0. The standard InChI is InChI=1S/C24H30N6O2/c31-21(4-7-25-22(32)24-12-15-8-16(13-24)10-17(9-15)14-24)28-20-11-19(18-2-3-18)29-30(20)23-26-5-1-6-27-23/h1,5-6,11,15-18H,2-4,7-10,12-14H2,(H,25,32)(H,28,31). The minimum absolute atomic E-state index is 0.143. The first-order valence-electron chi connectivity index (χ1n) is 12.0. The molecule has 0 aliphatic heterocycles. The van der Waals surface area contributed by atoms with Crippen molar-refractivity contribution in [3.8, 4) is 5.95 Å². The van der Waals surface area contributed by atoms with Gasteiger partial charge in [-0.05, 0) is 75.2 Å². The van der Waals surface area contributed by atoms with Crippen molar-refractivity contribution in [2.75, 3.05) is 11.9 Å². The van der Waals surface area contributed by atoms with Gasteiger partial charge in [0.1, 0.15) is 5.82 Å². The number of rotatable bonds is 7. The number of hydrogen-bond donors (Lipinski definition) is 2. The smallest absolute Gasteiger partial charge is 0.252 e. The van der Waals surface area contributed by atoms with Crippen LogP contribution in [0, 0.1) is 23.2 Å². The van der Waals surface area contributed by atoms with Gasteiger partial charge in [0.15, 0.2) is 0 Å². The van der Waals surface area contributed by atoms with Gasteiger partial charge < -0.3 is 10.6 Å². The molecule has 168 valence electrons. The molecular weight excluding hydrogens is 404 g/mol. The molecule has 2 aromatic rings. The van der Waals surface area contributed by atoms with Crippen LogP contribution in [-0.4, -0.2) is 38.1 Å². The Morgan fingerprint density at radius 1 is 1.03 bits per heavy atom. The SMILES string of the molecule is O=C(CCNC(=O)C12CC3CC(CC(C3)C1)C2)Nc1cc(C2CC2)nn1-c1ncccn1. The summed E-state index contributed by atoms with van der Waals surface area (Å²) in [6.45, 7) is 0.359. The third kappa shape index (κ3) is 3.69. The van der Waals surface area contributed by atoms with E-state index in [1.165, 1.54) is 19.3 Å². The Bertz CT molecular complexity index is 993. The molecule has 7 rings (SSSR count). The monoisotopic (exact) mass is 434 g/mol. The minimum Gasteiger partial charge on any atom is -0.355 e. The Kier molecular flexibility index (Phi) is 4.77. The molecule has 5 aliphatic carbocycles. The number of anilines is 1. The van der Waals surface area contributed by atoms with E-state index in [1.807, 2.05) is 6.07 Å². The predicted octanol–water partition coefficient (Wildman–Crippen LogP) is 3.20. The third-order valence-electron chi connectivity index (χ3n) is 7.89. The molecule has 5 fully saturated rings. The average Bonchev–Trinajstić information content (AvgIpc) is 3.54. The van der Waals surface area contributed by atoms with Gasteiger partial charge in [-0.15, -0.1) is 0 Å². The summed E-state index contributed by atoms with van der Waals surface area (Å²) >= 11 is 0. The molecule has 8 nitrogen and oxygen atoms in total. The number of carbonyl (C=O) groups is 2. The summed E-state index contributed by atoms with van der Waals surface area (Å²) < 4.78 is 1.60. The molecule has 4 bridgehead atoms. The van der Waals surface area contributed by atoms with Gasteiger partial charge in [0.2, 0.25) is 11.8 Å². The summed E-state index contributed by atoms with van der Waals surface area (Å²) in [6, 6.07) is 3.67. The molecule has 32 heavy (non-hydrogen) atoms. The van der Waals surface area contributed by atoms with Crippen molar-refractivity contribution in [2.24, 2.45) is 23.2 Å². The summed E-state index contributed by atoms with van der Waals surface area (Å²) in [4.78, 5) is 34.3. The van der Waals surface area contributed by atoms with Crippen molar-refractivity contribution in [2.45, 2.75) is 63.7 Å². The van der Waals surface area contributed by atoms with Crippen molar-refractivity contribution in [1.29, 1.82) is 0 Å². The topological polar surface area (TPSA) is 102 Å². The third-order valence-corrected chi connectivity index (χ3v) is 7.89. The number of nitrogens with zero attached hydrogens (tertiary/aromatic N) is 4. The van der Waals surface area contributed by atoms with E-state index in [0.29, 0.717) is 24.2 Å².